The van der Waals surface area contributed by atoms with Crippen LogP contribution in [0.5, 0.6) is 0 Å². The molecule has 1 heterocycles. The van der Waals surface area contributed by atoms with Gasteiger partial charge in [-0.15, -0.1) is 0 Å². The molecule has 3 rings (SSSR count). The van der Waals surface area contributed by atoms with Gasteiger partial charge in [0.25, 0.3) is 11.8 Å². The zero-order chi connectivity index (χ0) is 19.9. The van der Waals surface area contributed by atoms with Crippen LogP contribution in [-0.4, -0.2) is 16.8 Å². The Morgan fingerprint density at radius 2 is 1.43 bits per heavy atom. The van der Waals surface area contributed by atoms with E-state index in [0.717, 1.165) is 11.1 Å². The number of aromatic nitrogens is 1. The Balaban J connectivity index is 1.58. The molecule has 0 saturated heterocycles. The molecule has 0 bridgehead atoms. The van der Waals surface area contributed by atoms with E-state index in [1.807, 2.05) is 12.1 Å². The predicted octanol–water partition coefficient (Wildman–Crippen LogP) is 3.73. The first-order valence-corrected chi connectivity index (χ1v) is 8.90. The van der Waals surface area contributed by atoms with Gasteiger partial charge in [0, 0.05) is 29.9 Å². The van der Waals surface area contributed by atoms with Crippen molar-refractivity contribution in [3.05, 3.63) is 100 Å². The first kappa shape index (κ1) is 19.5. The van der Waals surface area contributed by atoms with Crippen LogP contribution in [0.15, 0.2) is 66.9 Å². The summed E-state index contributed by atoms with van der Waals surface area (Å²) in [4.78, 5) is 28.6. The van der Waals surface area contributed by atoms with Gasteiger partial charge < -0.3 is 10.6 Å². The molecule has 2 amide bonds. The smallest absolute Gasteiger partial charge is 0.270 e. The number of hydrogen-bond donors (Lipinski definition) is 2. The average molecular weight is 398 g/mol. The van der Waals surface area contributed by atoms with Gasteiger partial charge in [-0.05, 0) is 47.5 Å². The molecule has 7 heteroatoms. The molecule has 0 fully saturated rings. The van der Waals surface area contributed by atoms with Crippen molar-refractivity contribution in [2.75, 3.05) is 0 Å². The number of amides is 2. The summed E-state index contributed by atoms with van der Waals surface area (Å²) >= 11 is 5.84. The third-order valence-electron chi connectivity index (χ3n) is 3.99. The van der Waals surface area contributed by atoms with E-state index in [1.54, 1.807) is 24.3 Å². The quantitative estimate of drug-likeness (QED) is 0.665. The second-order valence-corrected chi connectivity index (χ2v) is 6.48. The Morgan fingerprint density at radius 1 is 0.857 bits per heavy atom. The molecule has 0 saturated carbocycles. The molecule has 0 aliphatic heterocycles. The summed E-state index contributed by atoms with van der Waals surface area (Å²) in [5, 5.41) is 6.11. The van der Waals surface area contributed by atoms with Crippen LogP contribution in [0, 0.1) is 5.82 Å². The Kier molecular flexibility index (Phi) is 6.34. The van der Waals surface area contributed by atoms with Crippen LogP contribution in [0.4, 0.5) is 4.39 Å². The van der Waals surface area contributed by atoms with Gasteiger partial charge in [-0.3, -0.25) is 14.6 Å². The average Bonchev–Trinajstić information content (AvgIpc) is 2.72. The lowest BCUT2D eigenvalue weighted by Gasteiger charge is -2.08. The number of carbonyl (C=O) groups is 2. The fourth-order valence-corrected chi connectivity index (χ4v) is 2.58. The van der Waals surface area contributed by atoms with Crippen LogP contribution in [0.25, 0.3) is 0 Å². The van der Waals surface area contributed by atoms with Crippen LogP contribution in [0.1, 0.15) is 32.0 Å². The standard InChI is InChI=1S/C21H17ClFN3O2/c22-17-5-1-14(2-6-17)12-25-20(27)16-9-10-24-19(11-16)21(28)26-13-15-3-7-18(23)8-4-15/h1-11H,12-13H2,(H,25,27)(H,26,28). The molecule has 0 aliphatic carbocycles. The zero-order valence-corrected chi connectivity index (χ0v) is 15.5. The van der Waals surface area contributed by atoms with E-state index in [1.165, 1.54) is 30.5 Å². The predicted molar refractivity (Wildman–Crippen MR) is 104 cm³/mol. The number of nitrogens with zero attached hydrogens (tertiary/aromatic N) is 1. The van der Waals surface area contributed by atoms with Crippen molar-refractivity contribution in [3.8, 4) is 0 Å². The summed E-state index contributed by atoms with van der Waals surface area (Å²) in [5.74, 6) is -1.07. The monoisotopic (exact) mass is 397 g/mol. The van der Waals surface area contributed by atoms with Crippen LogP contribution in [-0.2, 0) is 13.1 Å². The second kappa shape index (κ2) is 9.10. The molecule has 28 heavy (non-hydrogen) atoms. The van der Waals surface area contributed by atoms with Crippen LogP contribution in [0.2, 0.25) is 5.02 Å². The fraction of sp³-hybridized carbons (Fsp3) is 0.0952. The molecule has 5 nitrogen and oxygen atoms in total. The summed E-state index contributed by atoms with van der Waals surface area (Å²) in [6.07, 6.45) is 1.41. The lowest BCUT2D eigenvalue weighted by Crippen LogP contribution is -2.26. The van der Waals surface area contributed by atoms with Gasteiger partial charge in [-0.2, -0.15) is 0 Å². The highest BCUT2D eigenvalue weighted by Gasteiger charge is 2.12. The van der Waals surface area contributed by atoms with E-state index in [-0.39, 0.29) is 24.0 Å². The molecule has 1 aromatic heterocycles. The van der Waals surface area contributed by atoms with E-state index in [0.29, 0.717) is 17.1 Å². The highest BCUT2D eigenvalue weighted by atomic mass is 35.5. The highest BCUT2D eigenvalue weighted by molar-refractivity contribution is 6.30. The lowest BCUT2D eigenvalue weighted by molar-refractivity contribution is 0.0946. The minimum atomic E-state index is -0.420. The van der Waals surface area contributed by atoms with E-state index in [4.69, 9.17) is 11.6 Å². The first-order valence-electron chi connectivity index (χ1n) is 8.52. The summed E-state index contributed by atoms with van der Waals surface area (Å²) < 4.78 is 12.9. The topological polar surface area (TPSA) is 71.1 Å². The third kappa shape index (κ3) is 5.37. The van der Waals surface area contributed by atoms with Crippen molar-refractivity contribution in [1.82, 2.24) is 15.6 Å². The van der Waals surface area contributed by atoms with Gasteiger partial charge in [-0.25, -0.2) is 4.39 Å². The van der Waals surface area contributed by atoms with Crippen molar-refractivity contribution in [1.29, 1.82) is 0 Å². The van der Waals surface area contributed by atoms with Crippen molar-refractivity contribution in [3.63, 3.8) is 0 Å². The van der Waals surface area contributed by atoms with E-state index < -0.39 is 5.91 Å². The van der Waals surface area contributed by atoms with Crippen molar-refractivity contribution >= 4 is 23.4 Å². The number of rotatable bonds is 6. The maximum atomic E-state index is 12.9. The molecular weight excluding hydrogens is 381 g/mol. The zero-order valence-electron chi connectivity index (χ0n) is 14.8. The minimum Gasteiger partial charge on any atom is -0.348 e. The Morgan fingerprint density at radius 3 is 2.07 bits per heavy atom. The lowest BCUT2D eigenvalue weighted by atomic mass is 10.2. The maximum absolute atomic E-state index is 12.9. The summed E-state index contributed by atoms with van der Waals surface area (Å²) in [6.45, 7) is 0.568. The molecule has 2 aromatic carbocycles. The Labute approximate surface area is 166 Å². The first-order chi connectivity index (χ1) is 13.5. The molecule has 142 valence electrons. The molecule has 0 radical (unpaired) electrons. The molecule has 0 atom stereocenters. The molecule has 2 N–H and O–H groups in total. The van der Waals surface area contributed by atoms with Gasteiger partial charge in [0.05, 0.1) is 0 Å². The largest absolute Gasteiger partial charge is 0.348 e. The van der Waals surface area contributed by atoms with Crippen LogP contribution < -0.4 is 10.6 Å². The molecule has 3 aromatic rings. The maximum Gasteiger partial charge on any atom is 0.270 e. The molecule has 0 aliphatic rings. The number of carbonyl (C=O) groups excluding carboxylic acids is 2. The van der Waals surface area contributed by atoms with E-state index >= 15 is 0 Å². The second-order valence-electron chi connectivity index (χ2n) is 6.05. The van der Waals surface area contributed by atoms with Gasteiger partial charge in [-0.1, -0.05) is 35.9 Å². The van der Waals surface area contributed by atoms with Crippen molar-refractivity contribution in [2.45, 2.75) is 13.1 Å². The van der Waals surface area contributed by atoms with Crippen LogP contribution in [0.3, 0.4) is 0 Å². The van der Waals surface area contributed by atoms with Crippen LogP contribution >= 0.6 is 11.6 Å². The molecular formula is C21H17ClFN3O2. The number of hydrogen-bond acceptors (Lipinski definition) is 3. The molecule has 0 spiro atoms. The van der Waals surface area contributed by atoms with Crippen molar-refractivity contribution < 1.29 is 14.0 Å². The Bertz CT molecular complexity index is 899. The van der Waals surface area contributed by atoms with Gasteiger partial charge in [0.15, 0.2) is 0 Å². The fourth-order valence-electron chi connectivity index (χ4n) is 2.46. The SMILES string of the molecule is O=C(NCc1ccc(Cl)cc1)c1ccnc(C(=O)NCc2ccc(F)cc2)c1. The highest BCUT2D eigenvalue weighted by Crippen LogP contribution is 2.10. The molecule has 0 unspecified atom stereocenters. The van der Waals surface area contributed by atoms with Gasteiger partial charge >= 0.3 is 0 Å². The number of benzene rings is 2. The third-order valence-corrected chi connectivity index (χ3v) is 4.24. The number of halogens is 2. The van der Waals surface area contributed by atoms with E-state index in [9.17, 15) is 14.0 Å². The van der Waals surface area contributed by atoms with Gasteiger partial charge in [0.1, 0.15) is 11.5 Å². The summed E-state index contributed by atoms with van der Waals surface area (Å²) in [7, 11) is 0. The normalized spacial score (nSPS) is 10.4. The number of nitrogens with one attached hydrogen (secondary N) is 2. The summed E-state index contributed by atoms with van der Waals surface area (Å²) in [5.41, 5.74) is 2.12. The van der Waals surface area contributed by atoms with E-state index in [2.05, 4.69) is 15.6 Å². The van der Waals surface area contributed by atoms with Crippen molar-refractivity contribution in [2.24, 2.45) is 0 Å². The number of pyridine rings is 1. The summed E-state index contributed by atoms with van der Waals surface area (Å²) in [6, 6.07) is 15.9. The van der Waals surface area contributed by atoms with Gasteiger partial charge in [0.2, 0.25) is 0 Å². The minimum absolute atomic E-state index is 0.126. The Hall–Kier alpha value is -3.25.